The van der Waals surface area contributed by atoms with E-state index in [0.29, 0.717) is 17.2 Å². The maximum atomic E-state index is 11.7. The van der Waals surface area contributed by atoms with Crippen molar-refractivity contribution >= 4 is 22.4 Å². The summed E-state index contributed by atoms with van der Waals surface area (Å²) in [6, 6.07) is 0. The van der Waals surface area contributed by atoms with Crippen LogP contribution in [0.3, 0.4) is 0 Å². The first-order chi connectivity index (χ1) is 8.76. The van der Waals surface area contributed by atoms with E-state index < -0.39 is 0 Å². The Morgan fingerprint density at radius 1 is 1.44 bits per heavy atom. The number of esters is 1. The highest BCUT2D eigenvalue weighted by atomic mass is 32.1. The van der Waals surface area contributed by atoms with Gasteiger partial charge in [-0.3, -0.25) is 0 Å². The van der Waals surface area contributed by atoms with Crippen LogP contribution < -0.4 is 10.2 Å². The fraction of sp³-hybridized carbons (Fsp3) is 0.636. The molecular formula is C11H17N3O3S. The van der Waals surface area contributed by atoms with Gasteiger partial charge in [0, 0.05) is 33.3 Å². The molecule has 1 fully saturated rings. The zero-order valence-electron chi connectivity index (χ0n) is 10.6. The third kappa shape index (κ3) is 2.80. The van der Waals surface area contributed by atoms with Gasteiger partial charge >= 0.3 is 5.97 Å². The molecule has 0 aliphatic carbocycles. The summed E-state index contributed by atoms with van der Waals surface area (Å²) in [6.07, 6.45) is 0. The Hall–Kier alpha value is -1.18. The van der Waals surface area contributed by atoms with Crippen LogP contribution in [0.1, 0.15) is 15.4 Å². The summed E-state index contributed by atoms with van der Waals surface area (Å²) < 4.78 is 9.84. The normalized spacial score (nSPS) is 15.8. The average Bonchev–Trinajstić information content (AvgIpc) is 2.83. The molecule has 6 nitrogen and oxygen atoms in total. The maximum absolute atomic E-state index is 11.7. The van der Waals surface area contributed by atoms with Gasteiger partial charge in [-0.2, -0.15) is 0 Å². The lowest BCUT2D eigenvalue weighted by Crippen LogP contribution is -2.43. The first-order valence-corrected chi connectivity index (χ1v) is 6.60. The minimum absolute atomic E-state index is 0.326. The van der Waals surface area contributed by atoms with Crippen molar-refractivity contribution in [2.75, 3.05) is 45.3 Å². The molecule has 0 spiro atoms. The van der Waals surface area contributed by atoms with Gasteiger partial charge in [0.1, 0.15) is 4.88 Å². The summed E-state index contributed by atoms with van der Waals surface area (Å²) in [5.74, 6) is -0.346. The van der Waals surface area contributed by atoms with Crippen LogP contribution in [0.4, 0.5) is 5.13 Å². The van der Waals surface area contributed by atoms with Crippen molar-refractivity contribution in [3.63, 3.8) is 0 Å². The van der Waals surface area contributed by atoms with Crippen LogP contribution in [-0.2, 0) is 16.1 Å². The van der Waals surface area contributed by atoms with E-state index in [1.807, 2.05) is 0 Å². The smallest absolute Gasteiger partial charge is 0.350 e. The molecule has 1 aliphatic heterocycles. The number of rotatable bonds is 4. The highest BCUT2D eigenvalue weighted by Crippen LogP contribution is 2.27. The second kappa shape index (κ2) is 6.12. The number of methoxy groups -OCH3 is 2. The number of thiazole rings is 1. The van der Waals surface area contributed by atoms with Crippen molar-refractivity contribution in [3.05, 3.63) is 10.6 Å². The van der Waals surface area contributed by atoms with Crippen molar-refractivity contribution in [1.82, 2.24) is 10.3 Å². The molecule has 2 rings (SSSR count). The molecule has 1 aliphatic rings. The molecule has 7 heteroatoms. The summed E-state index contributed by atoms with van der Waals surface area (Å²) >= 11 is 1.37. The van der Waals surface area contributed by atoms with Crippen molar-refractivity contribution in [3.8, 4) is 0 Å². The summed E-state index contributed by atoms with van der Waals surface area (Å²) in [4.78, 5) is 18.9. The second-order valence-corrected chi connectivity index (χ2v) is 4.91. The number of hydrogen-bond acceptors (Lipinski definition) is 7. The second-order valence-electron chi connectivity index (χ2n) is 3.93. The highest BCUT2D eigenvalue weighted by molar-refractivity contribution is 7.17. The van der Waals surface area contributed by atoms with Crippen molar-refractivity contribution < 1.29 is 14.3 Å². The lowest BCUT2D eigenvalue weighted by Gasteiger charge is -2.26. The highest BCUT2D eigenvalue weighted by Gasteiger charge is 2.22. The van der Waals surface area contributed by atoms with Gasteiger partial charge in [-0.1, -0.05) is 11.3 Å². The van der Waals surface area contributed by atoms with Gasteiger partial charge in [-0.25, -0.2) is 9.78 Å². The largest absolute Gasteiger partial charge is 0.465 e. The van der Waals surface area contributed by atoms with Gasteiger partial charge in [0.25, 0.3) is 0 Å². The molecule has 0 bridgehead atoms. The Morgan fingerprint density at radius 3 is 2.78 bits per heavy atom. The predicted octanol–water partition coefficient (Wildman–Crippen LogP) is 0.486. The van der Waals surface area contributed by atoms with Crippen molar-refractivity contribution in [1.29, 1.82) is 0 Å². The van der Waals surface area contributed by atoms with Crippen LogP contribution in [0.25, 0.3) is 0 Å². The van der Waals surface area contributed by atoms with Gasteiger partial charge in [0.2, 0.25) is 0 Å². The van der Waals surface area contributed by atoms with E-state index in [1.54, 1.807) is 7.11 Å². The summed E-state index contributed by atoms with van der Waals surface area (Å²) in [6.45, 7) is 4.01. The molecular weight excluding hydrogens is 254 g/mol. The first kappa shape index (κ1) is 13.3. The molecule has 0 saturated carbocycles. The molecule has 1 saturated heterocycles. The monoisotopic (exact) mass is 271 g/mol. The maximum Gasteiger partial charge on any atom is 0.350 e. The zero-order valence-corrected chi connectivity index (χ0v) is 11.4. The molecule has 18 heavy (non-hydrogen) atoms. The van der Waals surface area contributed by atoms with Crippen LogP contribution in [0.5, 0.6) is 0 Å². The van der Waals surface area contributed by atoms with Crippen LogP contribution in [0.2, 0.25) is 0 Å². The van der Waals surface area contributed by atoms with Gasteiger partial charge in [0.05, 0.1) is 19.4 Å². The number of anilines is 1. The molecule has 1 aromatic heterocycles. The van der Waals surface area contributed by atoms with Crippen LogP contribution in [0.15, 0.2) is 0 Å². The number of hydrogen-bond donors (Lipinski definition) is 1. The minimum Gasteiger partial charge on any atom is -0.465 e. The third-order valence-electron chi connectivity index (χ3n) is 2.73. The Balaban J connectivity index is 2.23. The minimum atomic E-state index is -0.346. The van der Waals surface area contributed by atoms with Crippen LogP contribution in [-0.4, -0.2) is 51.4 Å². The Bertz CT molecular complexity index is 416. The van der Waals surface area contributed by atoms with Gasteiger partial charge in [-0.15, -0.1) is 0 Å². The molecule has 0 unspecified atom stereocenters. The van der Waals surface area contributed by atoms with Crippen LogP contribution in [0, 0.1) is 0 Å². The molecule has 1 N–H and O–H groups in total. The number of nitrogens with one attached hydrogen (secondary N) is 1. The number of carbonyl (C=O) groups excluding carboxylic acids is 1. The van der Waals surface area contributed by atoms with E-state index in [4.69, 9.17) is 9.47 Å². The molecule has 1 aromatic rings. The van der Waals surface area contributed by atoms with E-state index >= 15 is 0 Å². The fourth-order valence-corrected chi connectivity index (χ4v) is 2.86. The standard InChI is InChI=1S/C11H17N3O3S/c1-16-7-8-9(10(15)17-2)18-11(13-8)14-5-3-12-4-6-14/h12H,3-7H2,1-2H3. The number of carbonyl (C=O) groups is 1. The Morgan fingerprint density at radius 2 is 2.17 bits per heavy atom. The first-order valence-electron chi connectivity index (χ1n) is 5.79. The topological polar surface area (TPSA) is 63.7 Å². The molecule has 100 valence electrons. The van der Waals surface area contributed by atoms with Gasteiger partial charge in [-0.05, 0) is 0 Å². The Labute approximate surface area is 110 Å². The molecule has 2 heterocycles. The Kier molecular flexibility index (Phi) is 4.51. The van der Waals surface area contributed by atoms with E-state index in [1.165, 1.54) is 18.4 Å². The third-order valence-corrected chi connectivity index (χ3v) is 3.86. The van der Waals surface area contributed by atoms with Gasteiger partial charge in [0.15, 0.2) is 5.13 Å². The van der Waals surface area contributed by atoms with E-state index in [9.17, 15) is 4.79 Å². The summed E-state index contributed by atoms with van der Waals surface area (Å²) in [5.41, 5.74) is 0.655. The molecule has 0 atom stereocenters. The summed E-state index contributed by atoms with van der Waals surface area (Å²) in [5, 5.41) is 4.15. The molecule has 0 amide bonds. The van der Waals surface area contributed by atoms with Gasteiger partial charge < -0.3 is 19.7 Å². The SMILES string of the molecule is COCc1nc(N2CCNCC2)sc1C(=O)OC. The van der Waals surface area contributed by atoms with Crippen molar-refractivity contribution in [2.45, 2.75) is 6.61 Å². The lowest BCUT2D eigenvalue weighted by atomic mass is 10.4. The number of aromatic nitrogens is 1. The summed E-state index contributed by atoms with van der Waals surface area (Å²) in [7, 11) is 2.97. The number of ether oxygens (including phenoxy) is 2. The molecule has 0 radical (unpaired) electrons. The zero-order chi connectivity index (χ0) is 13.0. The van der Waals surface area contributed by atoms with E-state index in [2.05, 4.69) is 15.2 Å². The molecule has 0 aromatic carbocycles. The van der Waals surface area contributed by atoms with E-state index in [-0.39, 0.29) is 5.97 Å². The van der Waals surface area contributed by atoms with E-state index in [0.717, 1.165) is 31.3 Å². The predicted molar refractivity (Wildman–Crippen MR) is 69.2 cm³/mol. The average molecular weight is 271 g/mol. The lowest BCUT2D eigenvalue weighted by molar-refractivity contribution is 0.0601. The quantitative estimate of drug-likeness (QED) is 0.804. The number of nitrogens with zero attached hydrogens (tertiary/aromatic N) is 2. The van der Waals surface area contributed by atoms with Crippen molar-refractivity contribution in [2.24, 2.45) is 0 Å². The fourth-order valence-electron chi connectivity index (χ4n) is 1.82. The van der Waals surface area contributed by atoms with Crippen LogP contribution >= 0.6 is 11.3 Å². The number of piperazine rings is 1.